The highest BCUT2D eigenvalue weighted by Gasteiger charge is 2.26. The molecule has 0 bridgehead atoms. The molecule has 25 heavy (non-hydrogen) atoms. The van der Waals surface area contributed by atoms with E-state index in [2.05, 4.69) is 10.1 Å². The zero-order valence-electron chi connectivity index (χ0n) is 14.7. The van der Waals surface area contributed by atoms with Crippen LogP contribution in [0.1, 0.15) is 20.8 Å². The molecular weight excluding hydrogens is 324 g/mol. The third kappa shape index (κ3) is 2.71. The molecule has 1 aliphatic heterocycles. The van der Waals surface area contributed by atoms with Gasteiger partial charge in [-0.25, -0.2) is 9.80 Å². The molecule has 2 aromatic rings. The first kappa shape index (κ1) is 16.9. The standard InChI is InChI=1S/C16H20N6O3/c1-5-6-7-20-14(24)12-13(19(4)16(20)25)17-15-21(12)8-10(2)18-22(15)9-11(3)23/h5-6H,7-9H2,1-4H3/b6-5-. The molecule has 0 unspecified atom stereocenters. The monoisotopic (exact) mass is 344 g/mol. The average Bonchev–Trinajstić information content (AvgIpc) is 2.92. The number of hydrogen-bond donors (Lipinski definition) is 0. The summed E-state index contributed by atoms with van der Waals surface area (Å²) in [6.45, 7) is 5.75. The van der Waals surface area contributed by atoms with Gasteiger partial charge in [-0.1, -0.05) is 12.2 Å². The van der Waals surface area contributed by atoms with Gasteiger partial charge >= 0.3 is 5.69 Å². The van der Waals surface area contributed by atoms with Crippen molar-refractivity contribution in [2.75, 3.05) is 11.6 Å². The van der Waals surface area contributed by atoms with Crippen LogP contribution < -0.4 is 16.3 Å². The fraction of sp³-hybridized carbons (Fsp3) is 0.438. The zero-order valence-corrected chi connectivity index (χ0v) is 14.7. The van der Waals surface area contributed by atoms with Crippen LogP contribution in [0.3, 0.4) is 0 Å². The van der Waals surface area contributed by atoms with Crippen molar-refractivity contribution in [1.29, 1.82) is 0 Å². The summed E-state index contributed by atoms with van der Waals surface area (Å²) in [5.74, 6) is 0.322. The second-order valence-electron chi connectivity index (χ2n) is 6.09. The highest BCUT2D eigenvalue weighted by atomic mass is 16.2. The number of aromatic nitrogens is 4. The van der Waals surface area contributed by atoms with Gasteiger partial charge in [0.1, 0.15) is 6.54 Å². The fourth-order valence-corrected chi connectivity index (χ4v) is 2.91. The molecule has 3 rings (SSSR count). The molecule has 0 saturated carbocycles. The van der Waals surface area contributed by atoms with E-state index in [0.29, 0.717) is 23.7 Å². The van der Waals surface area contributed by atoms with Crippen molar-refractivity contribution >= 4 is 28.6 Å². The molecule has 132 valence electrons. The third-order valence-electron chi connectivity index (χ3n) is 4.02. The summed E-state index contributed by atoms with van der Waals surface area (Å²) in [4.78, 5) is 41.4. The Kier molecular flexibility index (Phi) is 4.15. The van der Waals surface area contributed by atoms with Gasteiger partial charge in [0.2, 0.25) is 5.95 Å². The van der Waals surface area contributed by atoms with Gasteiger partial charge < -0.3 is 0 Å². The molecule has 0 aromatic carbocycles. The lowest BCUT2D eigenvalue weighted by molar-refractivity contribution is -0.115. The number of aryl methyl sites for hydroxylation is 1. The van der Waals surface area contributed by atoms with E-state index in [1.807, 2.05) is 13.8 Å². The number of anilines is 1. The van der Waals surface area contributed by atoms with Crippen molar-refractivity contribution in [2.24, 2.45) is 12.1 Å². The first-order valence-electron chi connectivity index (χ1n) is 7.97. The Morgan fingerprint density at radius 2 is 2.04 bits per heavy atom. The lowest BCUT2D eigenvalue weighted by Crippen LogP contribution is -2.39. The number of carbonyl (C=O) groups is 1. The van der Waals surface area contributed by atoms with E-state index in [1.165, 1.54) is 21.1 Å². The summed E-state index contributed by atoms with van der Waals surface area (Å²) in [6, 6.07) is 0. The number of hydrogen-bond acceptors (Lipinski definition) is 6. The van der Waals surface area contributed by atoms with E-state index in [-0.39, 0.29) is 18.9 Å². The minimum Gasteiger partial charge on any atom is -0.298 e. The van der Waals surface area contributed by atoms with Crippen molar-refractivity contribution in [3.8, 4) is 0 Å². The van der Waals surface area contributed by atoms with Crippen molar-refractivity contribution in [2.45, 2.75) is 33.9 Å². The number of carbonyl (C=O) groups excluding carboxylic acids is 1. The number of nitrogens with zero attached hydrogens (tertiary/aromatic N) is 6. The summed E-state index contributed by atoms with van der Waals surface area (Å²) in [5.41, 5.74) is 0.556. The van der Waals surface area contributed by atoms with Gasteiger partial charge in [-0.05, 0) is 20.8 Å². The van der Waals surface area contributed by atoms with Crippen LogP contribution in [0, 0.1) is 0 Å². The van der Waals surface area contributed by atoms with Crippen LogP contribution in [0.5, 0.6) is 0 Å². The topological polar surface area (TPSA) is 94.5 Å². The van der Waals surface area contributed by atoms with Crippen LogP contribution in [0.2, 0.25) is 0 Å². The molecule has 9 heteroatoms. The minimum absolute atomic E-state index is 0.0569. The Labute approximate surface area is 143 Å². The third-order valence-corrected chi connectivity index (χ3v) is 4.02. The molecule has 0 N–H and O–H groups in total. The van der Waals surface area contributed by atoms with Crippen molar-refractivity contribution in [3.63, 3.8) is 0 Å². The van der Waals surface area contributed by atoms with E-state index in [1.54, 1.807) is 23.8 Å². The first-order valence-corrected chi connectivity index (χ1v) is 7.97. The van der Waals surface area contributed by atoms with Crippen LogP contribution in [0.25, 0.3) is 11.2 Å². The highest BCUT2D eigenvalue weighted by molar-refractivity contribution is 5.89. The summed E-state index contributed by atoms with van der Waals surface area (Å²) in [5, 5.41) is 5.82. The number of fused-ring (bicyclic) bond motifs is 3. The van der Waals surface area contributed by atoms with Crippen LogP contribution in [-0.2, 0) is 24.9 Å². The van der Waals surface area contributed by atoms with Crippen LogP contribution >= 0.6 is 0 Å². The normalized spacial score (nSPS) is 14.2. The summed E-state index contributed by atoms with van der Waals surface area (Å²) >= 11 is 0. The molecule has 0 aliphatic carbocycles. The molecular formula is C16H20N6O3. The van der Waals surface area contributed by atoms with Gasteiger partial charge in [-0.3, -0.25) is 23.3 Å². The van der Waals surface area contributed by atoms with Gasteiger partial charge in [0.25, 0.3) is 5.56 Å². The van der Waals surface area contributed by atoms with Crippen LogP contribution in [-0.4, -0.2) is 36.7 Å². The van der Waals surface area contributed by atoms with E-state index >= 15 is 0 Å². The number of allylic oxidation sites excluding steroid dienone is 2. The molecule has 0 atom stereocenters. The second-order valence-corrected chi connectivity index (χ2v) is 6.09. The number of hydrazone groups is 1. The van der Waals surface area contributed by atoms with E-state index in [9.17, 15) is 14.4 Å². The summed E-state index contributed by atoms with van der Waals surface area (Å²) in [7, 11) is 1.58. The first-order chi connectivity index (χ1) is 11.8. The van der Waals surface area contributed by atoms with Gasteiger partial charge in [-0.15, -0.1) is 0 Å². The number of ketones is 1. The second kappa shape index (κ2) is 6.15. The fourth-order valence-electron chi connectivity index (χ4n) is 2.91. The van der Waals surface area contributed by atoms with E-state index in [0.717, 1.165) is 5.71 Å². The maximum atomic E-state index is 12.9. The quantitative estimate of drug-likeness (QED) is 0.742. The van der Waals surface area contributed by atoms with Crippen LogP contribution in [0.15, 0.2) is 26.8 Å². The summed E-state index contributed by atoms with van der Waals surface area (Å²) < 4.78 is 4.25. The van der Waals surface area contributed by atoms with Crippen LogP contribution in [0.4, 0.5) is 5.95 Å². The Balaban J connectivity index is 2.32. The molecule has 3 heterocycles. The number of Topliss-reactive ketones (excluding diaryl/α,β-unsaturated/α-hetero) is 1. The largest absolute Gasteiger partial charge is 0.332 e. The molecule has 0 amide bonds. The molecule has 2 aromatic heterocycles. The maximum Gasteiger partial charge on any atom is 0.332 e. The molecule has 0 radical (unpaired) electrons. The zero-order chi connectivity index (χ0) is 18.3. The molecule has 1 aliphatic rings. The van der Waals surface area contributed by atoms with Gasteiger partial charge in [-0.2, -0.15) is 10.1 Å². The smallest absolute Gasteiger partial charge is 0.298 e. The van der Waals surface area contributed by atoms with Crippen molar-refractivity contribution in [1.82, 2.24) is 18.7 Å². The van der Waals surface area contributed by atoms with Gasteiger partial charge in [0, 0.05) is 13.6 Å². The Bertz CT molecular complexity index is 1040. The molecule has 0 fully saturated rings. The number of imidazole rings is 1. The Hall–Kier alpha value is -2.97. The van der Waals surface area contributed by atoms with Gasteiger partial charge in [0.15, 0.2) is 16.9 Å². The lowest BCUT2D eigenvalue weighted by atomic mass is 10.3. The Morgan fingerprint density at radius 3 is 2.68 bits per heavy atom. The molecule has 0 saturated heterocycles. The molecule has 0 spiro atoms. The van der Waals surface area contributed by atoms with Gasteiger partial charge in [0.05, 0.1) is 12.3 Å². The predicted octanol–water partition coefficient (Wildman–Crippen LogP) is 0.258. The summed E-state index contributed by atoms with van der Waals surface area (Å²) in [6.07, 6.45) is 3.53. The highest BCUT2D eigenvalue weighted by Crippen LogP contribution is 2.23. The SMILES string of the molecule is C/C=C\Cn1c(=O)c2c(nc3n2CC(C)=NN3CC(C)=O)n(C)c1=O. The number of rotatable bonds is 4. The van der Waals surface area contributed by atoms with Crippen molar-refractivity contribution in [3.05, 3.63) is 33.0 Å². The predicted molar refractivity (Wildman–Crippen MR) is 95.2 cm³/mol. The minimum atomic E-state index is -0.429. The maximum absolute atomic E-state index is 12.9. The molecule has 9 nitrogen and oxygen atoms in total. The van der Waals surface area contributed by atoms with E-state index in [4.69, 9.17) is 0 Å². The Morgan fingerprint density at radius 1 is 1.32 bits per heavy atom. The van der Waals surface area contributed by atoms with Crippen molar-refractivity contribution < 1.29 is 4.79 Å². The lowest BCUT2D eigenvalue weighted by Gasteiger charge is -2.23. The van der Waals surface area contributed by atoms with E-state index < -0.39 is 11.2 Å². The average molecular weight is 344 g/mol.